The SMILES string of the molecule is CC.Cc1ccc(N(C)S(C)=O)c(C(=O)O)c1. The molecule has 0 aliphatic carbocycles. The summed E-state index contributed by atoms with van der Waals surface area (Å²) < 4.78 is 12.7. The van der Waals surface area contributed by atoms with E-state index in [2.05, 4.69) is 0 Å². The molecule has 1 rings (SSSR count). The lowest BCUT2D eigenvalue weighted by atomic mass is 10.1. The lowest BCUT2D eigenvalue weighted by Crippen LogP contribution is -2.21. The van der Waals surface area contributed by atoms with Crippen LogP contribution >= 0.6 is 0 Å². The number of rotatable bonds is 3. The highest BCUT2D eigenvalue weighted by Gasteiger charge is 2.15. The van der Waals surface area contributed by atoms with Gasteiger partial charge in [-0.3, -0.25) is 4.31 Å². The Morgan fingerprint density at radius 3 is 2.29 bits per heavy atom. The molecule has 0 fully saturated rings. The molecule has 0 aromatic heterocycles. The van der Waals surface area contributed by atoms with Gasteiger partial charge < -0.3 is 5.11 Å². The largest absolute Gasteiger partial charge is 0.478 e. The van der Waals surface area contributed by atoms with Crippen LogP contribution < -0.4 is 4.31 Å². The molecule has 1 N–H and O–H groups in total. The molecule has 0 aliphatic rings. The molecule has 0 spiro atoms. The maximum absolute atomic E-state index is 11.2. The zero-order valence-electron chi connectivity index (χ0n) is 10.9. The van der Waals surface area contributed by atoms with E-state index in [0.717, 1.165) is 5.56 Å². The topological polar surface area (TPSA) is 57.6 Å². The molecule has 1 aromatic rings. The van der Waals surface area contributed by atoms with Crippen molar-refractivity contribution in [3.05, 3.63) is 29.3 Å². The number of aromatic carboxylic acids is 1. The molecule has 4 nitrogen and oxygen atoms in total. The summed E-state index contributed by atoms with van der Waals surface area (Å²) in [7, 11) is 0.380. The molecular formula is C12H19NO3S. The van der Waals surface area contributed by atoms with E-state index < -0.39 is 17.0 Å². The summed E-state index contributed by atoms with van der Waals surface area (Å²) in [4.78, 5) is 11.0. The first kappa shape index (κ1) is 15.6. The van der Waals surface area contributed by atoms with Crippen LogP contribution in [0.25, 0.3) is 0 Å². The van der Waals surface area contributed by atoms with Crippen LogP contribution in [-0.2, 0) is 11.0 Å². The number of carboxylic acid groups (broad SMARTS) is 1. The van der Waals surface area contributed by atoms with E-state index in [1.165, 1.54) is 10.6 Å². The molecule has 0 radical (unpaired) electrons. The second kappa shape index (κ2) is 7.06. The summed E-state index contributed by atoms with van der Waals surface area (Å²) in [6.07, 6.45) is 1.51. The first-order chi connectivity index (χ1) is 7.93. The van der Waals surface area contributed by atoms with Crippen molar-refractivity contribution in [1.29, 1.82) is 0 Å². The van der Waals surface area contributed by atoms with Gasteiger partial charge in [-0.15, -0.1) is 0 Å². The van der Waals surface area contributed by atoms with Crippen LogP contribution in [0.4, 0.5) is 5.69 Å². The quantitative estimate of drug-likeness (QED) is 0.905. The third-order valence-corrected chi connectivity index (χ3v) is 3.08. The summed E-state index contributed by atoms with van der Waals surface area (Å²) in [5.74, 6) is -1.01. The van der Waals surface area contributed by atoms with Gasteiger partial charge in [0.15, 0.2) is 0 Å². The van der Waals surface area contributed by atoms with E-state index in [1.54, 1.807) is 25.2 Å². The number of anilines is 1. The average molecular weight is 257 g/mol. The van der Waals surface area contributed by atoms with E-state index >= 15 is 0 Å². The van der Waals surface area contributed by atoms with Crippen molar-refractivity contribution in [2.75, 3.05) is 17.6 Å². The predicted octanol–water partition coefficient (Wildman–Crippen LogP) is 2.45. The van der Waals surface area contributed by atoms with Gasteiger partial charge in [-0.05, 0) is 19.1 Å². The first-order valence-corrected chi connectivity index (χ1v) is 6.86. The van der Waals surface area contributed by atoms with E-state index in [1.807, 2.05) is 20.8 Å². The fourth-order valence-corrected chi connectivity index (χ4v) is 1.67. The Bertz CT molecular complexity index is 418. The minimum absolute atomic E-state index is 0.174. The van der Waals surface area contributed by atoms with E-state index in [-0.39, 0.29) is 5.56 Å². The summed E-state index contributed by atoms with van der Waals surface area (Å²) in [6.45, 7) is 5.82. The van der Waals surface area contributed by atoms with Crippen molar-refractivity contribution < 1.29 is 14.1 Å². The Balaban J connectivity index is 0.00000121. The minimum Gasteiger partial charge on any atom is -0.478 e. The highest BCUT2D eigenvalue weighted by atomic mass is 32.2. The van der Waals surface area contributed by atoms with E-state index in [9.17, 15) is 9.00 Å². The second-order valence-corrected chi connectivity index (χ2v) is 4.64. The lowest BCUT2D eigenvalue weighted by Gasteiger charge is -2.17. The van der Waals surface area contributed by atoms with Gasteiger partial charge in [0.1, 0.15) is 11.0 Å². The predicted molar refractivity (Wildman–Crippen MR) is 72.0 cm³/mol. The van der Waals surface area contributed by atoms with Crippen LogP contribution in [0.15, 0.2) is 18.2 Å². The van der Waals surface area contributed by atoms with Crippen molar-refractivity contribution in [3.8, 4) is 0 Å². The van der Waals surface area contributed by atoms with Gasteiger partial charge in [-0.1, -0.05) is 25.5 Å². The molecule has 0 bridgehead atoms. The van der Waals surface area contributed by atoms with Gasteiger partial charge in [0.05, 0.1) is 11.3 Å². The van der Waals surface area contributed by atoms with Crippen LogP contribution in [-0.4, -0.2) is 28.6 Å². The van der Waals surface area contributed by atoms with Crippen molar-refractivity contribution >= 4 is 22.6 Å². The Morgan fingerprint density at radius 2 is 1.88 bits per heavy atom. The molecule has 1 atom stereocenters. The number of benzene rings is 1. The summed E-state index contributed by atoms with van der Waals surface area (Å²) in [5.41, 5.74) is 1.51. The number of carbonyl (C=O) groups is 1. The van der Waals surface area contributed by atoms with Gasteiger partial charge in [-0.2, -0.15) is 0 Å². The fraction of sp³-hybridized carbons (Fsp3) is 0.417. The first-order valence-electron chi connectivity index (χ1n) is 5.34. The van der Waals surface area contributed by atoms with Crippen LogP contribution in [0.1, 0.15) is 29.8 Å². The van der Waals surface area contributed by atoms with E-state index in [0.29, 0.717) is 5.69 Å². The minimum atomic E-state index is -1.22. The number of hydrogen-bond donors (Lipinski definition) is 1. The molecule has 0 amide bonds. The number of hydrogen-bond acceptors (Lipinski definition) is 2. The smallest absolute Gasteiger partial charge is 0.337 e. The Hall–Kier alpha value is -1.36. The van der Waals surface area contributed by atoms with Crippen LogP contribution in [0.3, 0.4) is 0 Å². The van der Waals surface area contributed by atoms with Gasteiger partial charge in [0.2, 0.25) is 0 Å². The molecule has 0 saturated heterocycles. The average Bonchev–Trinajstić information content (AvgIpc) is 2.30. The summed E-state index contributed by atoms with van der Waals surface area (Å²) in [5, 5.41) is 9.00. The molecule has 96 valence electrons. The van der Waals surface area contributed by atoms with Crippen molar-refractivity contribution in [2.24, 2.45) is 0 Å². The standard InChI is InChI=1S/C10H13NO3S.C2H6/c1-7-4-5-9(11(2)15(3)14)8(6-7)10(12)13;1-2/h4-6H,1-3H3,(H,12,13);1-2H3. The molecule has 1 unspecified atom stereocenters. The Kier molecular flexibility index (Phi) is 6.50. The normalized spacial score (nSPS) is 11.1. The van der Waals surface area contributed by atoms with Gasteiger partial charge >= 0.3 is 5.97 Å². The molecule has 17 heavy (non-hydrogen) atoms. The monoisotopic (exact) mass is 257 g/mol. The van der Waals surface area contributed by atoms with Gasteiger partial charge in [0.25, 0.3) is 0 Å². The summed E-state index contributed by atoms with van der Waals surface area (Å²) >= 11 is 0. The number of nitrogens with zero attached hydrogens (tertiary/aromatic N) is 1. The van der Waals surface area contributed by atoms with Crippen molar-refractivity contribution in [1.82, 2.24) is 0 Å². The Labute approximate surface area is 105 Å². The number of carboxylic acids is 1. The lowest BCUT2D eigenvalue weighted by molar-refractivity contribution is 0.0697. The zero-order valence-corrected chi connectivity index (χ0v) is 11.7. The van der Waals surface area contributed by atoms with Crippen LogP contribution in [0.2, 0.25) is 0 Å². The van der Waals surface area contributed by atoms with Crippen molar-refractivity contribution in [3.63, 3.8) is 0 Å². The molecule has 0 saturated carbocycles. The second-order valence-electron chi connectivity index (χ2n) is 3.25. The zero-order chi connectivity index (χ0) is 13.6. The third-order valence-electron chi connectivity index (χ3n) is 2.11. The third kappa shape index (κ3) is 4.19. The maximum Gasteiger partial charge on any atom is 0.337 e. The van der Waals surface area contributed by atoms with Gasteiger partial charge in [-0.25, -0.2) is 9.00 Å². The maximum atomic E-state index is 11.2. The summed E-state index contributed by atoms with van der Waals surface area (Å²) in [6, 6.07) is 5.03. The molecule has 1 aromatic carbocycles. The van der Waals surface area contributed by atoms with Crippen molar-refractivity contribution in [2.45, 2.75) is 20.8 Å². The molecule has 5 heteroatoms. The molecular weight excluding hydrogens is 238 g/mol. The fourth-order valence-electron chi connectivity index (χ4n) is 1.23. The number of aryl methyl sites for hydroxylation is 1. The molecule has 0 aliphatic heterocycles. The van der Waals surface area contributed by atoms with E-state index in [4.69, 9.17) is 5.11 Å². The Morgan fingerprint density at radius 1 is 1.35 bits per heavy atom. The molecule has 0 heterocycles. The highest BCUT2D eigenvalue weighted by Crippen LogP contribution is 2.21. The van der Waals surface area contributed by atoms with Crippen LogP contribution in [0, 0.1) is 6.92 Å². The van der Waals surface area contributed by atoms with Crippen LogP contribution in [0.5, 0.6) is 0 Å². The highest BCUT2D eigenvalue weighted by molar-refractivity contribution is 7.85. The van der Waals surface area contributed by atoms with Gasteiger partial charge in [0, 0.05) is 13.3 Å².